The van der Waals surface area contributed by atoms with E-state index < -0.39 is 0 Å². The first-order valence-electron chi connectivity index (χ1n) is 7.56. The average Bonchev–Trinajstić information content (AvgIpc) is 2.56. The Morgan fingerprint density at radius 3 is 1.79 bits per heavy atom. The van der Waals surface area contributed by atoms with Gasteiger partial charge in [-0.05, 0) is 61.5 Å². The van der Waals surface area contributed by atoms with Crippen molar-refractivity contribution in [1.29, 1.82) is 0 Å². The molecule has 0 amide bonds. The van der Waals surface area contributed by atoms with E-state index in [1.54, 1.807) is 42.5 Å². The molecular formula is C20H18N2O2. The van der Waals surface area contributed by atoms with E-state index in [1.807, 2.05) is 31.2 Å². The summed E-state index contributed by atoms with van der Waals surface area (Å²) in [6.45, 7) is 2.02. The van der Waals surface area contributed by atoms with Crippen molar-refractivity contribution in [3.63, 3.8) is 0 Å². The number of ether oxygens (including phenoxy) is 1. The lowest BCUT2D eigenvalue weighted by atomic mass is 10.0. The minimum Gasteiger partial charge on any atom is -0.457 e. The van der Waals surface area contributed by atoms with E-state index in [2.05, 4.69) is 0 Å². The maximum Gasteiger partial charge on any atom is 0.193 e. The van der Waals surface area contributed by atoms with Crippen LogP contribution in [0.2, 0.25) is 0 Å². The van der Waals surface area contributed by atoms with Crippen LogP contribution in [0.25, 0.3) is 0 Å². The monoisotopic (exact) mass is 318 g/mol. The molecule has 0 bridgehead atoms. The molecule has 3 aromatic carbocycles. The van der Waals surface area contributed by atoms with Gasteiger partial charge >= 0.3 is 0 Å². The molecular weight excluding hydrogens is 300 g/mol. The molecule has 0 fully saturated rings. The zero-order chi connectivity index (χ0) is 17.1. The van der Waals surface area contributed by atoms with E-state index in [-0.39, 0.29) is 5.78 Å². The summed E-state index contributed by atoms with van der Waals surface area (Å²) in [5.74, 6) is 1.29. The topological polar surface area (TPSA) is 78.3 Å². The number of hydrogen-bond donors (Lipinski definition) is 2. The van der Waals surface area contributed by atoms with E-state index >= 15 is 0 Å². The van der Waals surface area contributed by atoms with Gasteiger partial charge in [-0.2, -0.15) is 0 Å². The van der Waals surface area contributed by atoms with Crippen molar-refractivity contribution < 1.29 is 9.53 Å². The lowest BCUT2D eigenvalue weighted by Gasteiger charge is -2.08. The van der Waals surface area contributed by atoms with Gasteiger partial charge in [-0.25, -0.2) is 0 Å². The fourth-order valence-electron chi connectivity index (χ4n) is 2.39. The molecule has 0 radical (unpaired) electrons. The van der Waals surface area contributed by atoms with Gasteiger partial charge in [0, 0.05) is 22.5 Å². The number of carbonyl (C=O) groups is 1. The highest BCUT2D eigenvalue weighted by molar-refractivity contribution is 6.10. The summed E-state index contributed by atoms with van der Waals surface area (Å²) in [5, 5.41) is 0. The van der Waals surface area contributed by atoms with E-state index in [4.69, 9.17) is 16.2 Å². The second-order valence-corrected chi connectivity index (χ2v) is 5.66. The molecule has 3 rings (SSSR count). The Bertz CT molecular complexity index is 849. The van der Waals surface area contributed by atoms with Crippen LogP contribution in [0, 0.1) is 6.92 Å². The number of benzene rings is 3. The molecule has 0 unspecified atom stereocenters. The number of anilines is 2. The SMILES string of the molecule is Cc1ccc(Oc2ccc(C(=O)c3cc(N)cc(N)c3)cc2)cc1. The summed E-state index contributed by atoms with van der Waals surface area (Å²) in [6.07, 6.45) is 0. The third-order valence-electron chi connectivity index (χ3n) is 3.61. The van der Waals surface area contributed by atoms with Crippen LogP contribution in [0.3, 0.4) is 0 Å². The minimum atomic E-state index is -0.129. The van der Waals surface area contributed by atoms with Crippen LogP contribution in [-0.2, 0) is 0 Å². The third kappa shape index (κ3) is 3.55. The predicted octanol–water partition coefficient (Wildman–Crippen LogP) is 4.18. The predicted molar refractivity (Wildman–Crippen MR) is 96.4 cm³/mol. The van der Waals surface area contributed by atoms with Gasteiger partial charge in [0.25, 0.3) is 0 Å². The van der Waals surface area contributed by atoms with Gasteiger partial charge in [-0.15, -0.1) is 0 Å². The number of aryl methyl sites for hydroxylation is 1. The van der Waals surface area contributed by atoms with Gasteiger partial charge in [-0.1, -0.05) is 17.7 Å². The zero-order valence-corrected chi connectivity index (χ0v) is 13.3. The number of nitrogen functional groups attached to an aromatic ring is 2. The lowest BCUT2D eigenvalue weighted by molar-refractivity contribution is 0.103. The lowest BCUT2D eigenvalue weighted by Crippen LogP contribution is -2.03. The molecule has 0 aliphatic carbocycles. The van der Waals surface area contributed by atoms with Crippen molar-refractivity contribution in [2.45, 2.75) is 6.92 Å². The molecule has 0 aromatic heterocycles. The number of ketones is 1. The van der Waals surface area contributed by atoms with E-state index in [0.717, 1.165) is 5.75 Å². The molecule has 4 nitrogen and oxygen atoms in total. The van der Waals surface area contributed by atoms with Gasteiger partial charge in [-0.3, -0.25) is 4.79 Å². The number of carbonyl (C=O) groups excluding carboxylic acids is 1. The first kappa shape index (κ1) is 15.6. The van der Waals surface area contributed by atoms with Gasteiger partial charge < -0.3 is 16.2 Å². The largest absolute Gasteiger partial charge is 0.457 e. The summed E-state index contributed by atoms with van der Waals surface area (Å²) >= 11 is 0. The highest BCUT2D eigenvalue weighted by Gasteiger charge is 2.10. The quantitative estimate of drug-likeness (QED) is 0.558. The number of rotatable bonds is 4. The summed E-state index contributed by atoms with van der Waals surface area (Å²) in [6, 6.07) is 19.6. The van der Waals surface area contributed by atoms with Crippen LogP contribution < -0.4 is 16.2 Å². The standard InChI is InChI=1S/C20H18N2O2/c1-13-2-6-18(7-3-13)24-19-8-4-14(5-9-19)20(23)15-10-16(21)12-17(22)11-15/h2-12H,21-22H2,1H3. The Morgan fingerprint density at radius 1 is 0.750 bits per heavy atom. The number of nitrogens with two attached hydrogens (primary N) is 2. The highest BCUT2D eigenvalue weighted by Crippen LogP contribution is 2.23. The van der Waals surface area contributed by atoms with Crippen molar-refractivity contribution >= 4 is 17.2 Å². The molecule has 120 valence electrons. The Hall–Kier alpha value is -3.27. The van der Waals surface area contributed by atoms with Crippen molar-refractivity contribution in [1.82, 2.24) is 0 Å². The summed E-state index contributed by atoms with van der Waals surface area (Å²) in [5.41, 5.74) is 14.6. The van der Waals surface area contributed by atoms with Gasteiger partial charge in [0.05, 0.1) is 0 Å². The average molecular weight is 318 g/mol. The first-order valence-corrected chi connectivity index (χ1v) is 7.56. The van der Waals surface area contributed by atoms with E-state index in [0.29, 0.717) is 28.3 Å². The van der Waals surface area contributed by atoms with Gasteiger partial charge in [0.1, 0.15) is 11.5 Å². The number of hydrogen-bond acceptors (Lipinski definition) is 4. The zero-order valence-electron chi connectivity index (χ0n) is 13.3. The smallest absolute Gasteiger partial charge is 0.193 e. The minimum absolute atomic E-state index is 0.129. The Kier molecular flexibility index (Phi) is 4.20. The molecule has 0 saturated carbocycles. The molecule has 0 heterocycles. The third-order valence-corrected chi connectivity index (χ3v) is 3.61. The normalized spacial score (nSPS) is 10.4. The molecule has 4 N–H and O–H groups in total. The molecule has 24 heavy (non-hydrogen) atoms. The molecule has 0 atom stereocenters. The fraction of sp³-hybridized carbons (Fsp3) is 0.0500. The molecule has 0 aliphatic heterocycles. The Labute approximate surface area is 140 Å². The second kappa shape index (κ2) is 6.46. The molecule has 0 spiro atoms. The molecule has 0 saturated heterocycles. The first-order chi connectivity index (χ1) is 11.5. The van der Waals surface area contributed by atoms with Crippen molar-refractivity contribution in [2.75, 3.05) is 11.5 Å². The summed E-state index contributed by atoms with van der Waals surface area (Å²) in [4.78, 5) is 12.5. The Balaban J connectivity index is 1.78. The van der Waals surface area contributed by atoms with Crippen LogP contribution in [-0.4, -0.2) is 5.78 Å². The Morgan fingerprint density at radius 2 is 1.25 bits per heavy atom. The van der Waals surface area contributed by atoms with Crippen molar-refractivity contribution in [2.24, 2.45) is 0 Å². The maximum atomic E-state index is 12.5. The second-order valence-electron chi connectivity index (χ2n) is 5.66. The van der Waals surface area contributed by atoms with Crippen molar-refractivity contribution in [3.05, 3.63) is 83.4 Å². The maximum absolute atomic E-state index is 12.5. The summed E-state index contributed by atoms with van der Waals surface area (Å²) in [7, 11) is 0. The van der Waals surface area contributed by atoms with Crippen LogP contribution >= 0.6 is 0 Å². The summed E-state index contributed by atoms with van der Waals surface area (Å²) < 4.78 is 5.76. The van der Waals surface area contributed by atoms with Crippen LogP contribution in [0.4, 0.5) is 11.4 Å². The van der Waals surface area contributed by atoms with E-state index in [9.17, 15) is 4.79 Å². The van der Waals surface area contributed by atoms with Gasteiger partial charge in [0.15, 0.2) is 5.78 Å². The highest BCUT2D eigenvalue weighted by atomic mass is 16.5. The van der Waals surface area contributed by atoms with Gasteiger partial charge in [0.2, 0.25) is 0 Å². The fourth-order valence-corrected chi connectivity index (χ4v) is 2.39. The van der Waals surface area contributed by atoms with Crippen molar-refractivity contribution in [3.8, 4) is 11.5 Å². The van der Waals surface area contributed by atoms with E-state index in [1.165, 1.54) is 5.56 Å². The molecule has 0 aliphatic rings. The van der Waals surface area contributed by atoms with Crippen LogP contribution in [0.5, 0.6) is 11.5 Å². The van der Waals surface area contributed by atoms with Crippen LogP contribution in [0.1, 0.15) is 21.5 Å². The van der Waals surface area contributed by atoms with Crippen LogP contribution in [0.15, 0.2) is 66.7 Å². The molecule has 4 heteroatoms. The molecule has 3 aromatic rings.